The molecule has 3 aromatic carbocycles. The van der Waals surface area contributed by atoms with Crippen molar-refractivity contribution in [1.82, 2.24) is 0 Å². The quantitative estimate of drug-likeness (QED) is 0.280. The number of unbranched alkanes of at least 4 members (excludes halogenated alkanes) is 1. The van der Waals surface area contributed by atoms with Crippen LogP contribution >= 0.6 is 0 Å². The molecular formula is C30H32N2O5. The molecule has 0 saturated carbocycles. The van der Waals surface area contributed by atoms with E-state index in [0.717, 1.165) is 29.7 Å². The molecule has 2 aliphatic heterocycles. The first-order valence-electron chi connectivity index (χ1n) is 12.9. The summed E-state index contributed by atoms with van der Waals surface area (Å²) in [6.45, 7) is 7.05. The second-order valence-corrected chi connectivity index (χ2v) is 9.35. The Morgan fingerprint density at radius 3 is 2.35 bits per heavy atom. The first-order valence-corrected chi connectivity index (χ1v) is 12.9. The average molecular weight is 501 g/mol. The van der Waals surface area contributed by atoms with E-state index in [0.29, 0.717) is 30.4 Å². The normalized spacial score (nSPS) is 20.9. The van der Waals surface area contributed by atoms with Crippen LogP contribution in [0.1, 0.15) is 43.9 Å². The van der Waals surface area contributed by atoms with Gasteiger partial charge in [0.2, 0.25) is 5.91 Å². The molecule has 7 heteroatoms. The molecule has 5 rings (SSSR count). The Morgan fingerprint density at radius 2 is 1.62 bits per heavy atom. The molecule has 37 heavy (non-hydrogen) atoms. The van der Waals surface area contributed by atoms with Crippen LogP contribution in [0.25, 0.3) is 0 Å². The van der Waals surface area contributed by atoms with Crippen LogP contribution in [0.4, 0.5) is 11.4 Å². The van der Waals surface area contributed by atoms with E-state index in [1.54, 1.807) is 11.1 Å². The van der Waals surface area contributed by atoms with Gasteiger partial charge in [-0.15, -0.1) is 0 Å². The van der Waals surface area contributed by atoms with Gasteiger partial charge in [-0.2, -0.15) is 0 Å². The van der Waals surface area contributed by atoms with Gasteiger partial charge in [0.1, 0.15) is 5.92 Å². The number of carbonyl (C=O) groups excluding carboxylic acids is 2. The zero-order valence-electron chi connectivity index (χ0n) is 21.4. The Kier molecular flexibility index (Phi) is 7.15. The van der Waals surface area contributed by atoms with Gasteiger partial charge in [0.15, 0.2) is 17.6 Å². The Hall–Kier alpha value is -3.84. The second-order valence-electron chi connectivity index (χ2n) is 9.35. The van der Waals surface area contributed by atoms with E-state index < -0.39 is 18.1 Å². The largest absolute Gasteiger partial charge is 0.490 e. The number of benzene rings is 3. The molecule has 0 unspecified atom stereocenters. The summed E-state index contributed by atoms with van der Waals surface area (Å²) in [7, 11) is 0. The van der Waals surface area contributed by atoms with Crippen molar-refractivity contribution in [3.63, 3.8) is 0 Å². The maximum absolute atomic E-state index is 13.9. The van der Waals surface area contributed by atoms with Gasteiger partial charge < -0.3 is 9.47 Å². The number of nitrogens with zero attached hydrogens (tertiary/aromatic N) is 2. The van der Waals surface area contributed by atoms with Crippen LogP contribution < -0.4 is 19.4 Å². The molecule has 0 spiro atoms. The molecule has 3 atom stereocenters. The molecule has 0 aliphatic carbocycles. The fourth-order valence-electron chi connectivity index (χ4n) is 5.00. The predicted octanol–water partition coefficient (Wildman–Crippen LogP) is 5.62. The Morgan fingerprint density at radius 1 is 0.838 bits per heavy atom. The minimum atomic E-state index is -0.922. The van der Waals surface area contributed by atoms with Crippen molar-refractivity contribution in [3.05, 3.63) is 83.9 Å². The number of hydrogen-bond donors (Lipinski definition) is 0. The van der Waals surface area contributed by atoms with Gasteiger partial charge >= 0.3 is 0 Å². The highest BCUT2D eigenvalue weighted by molar-refractivity contribution is 6.24. The van der Waals surface area contributed by atoms with Crippen LogP contribution in [0, 0.1) is 12.8 Å². The molecule has 7 nitrogen and oxygen atoms in total. The van der Waals surface area contributed by atoms with Crippen molar-refractivity contribution in [2.24, 2.45) is 5.92 Å². The summed E-state index contributed by atoms with van der Waals surface area (Å²) in [5.74, 6) is -0.0655. The van der Waals surface area contributed by atoms with Gasteiger partial charge in [0.05, 0.1) is 30.6 Å². The van der Waals surface area contributed by atoms with Gasteiger partial charge in [0, 0.05) is 0 Å². The number of hydrogen-bond acceptors (Lipinski definition) is 6. The SMILES string of the molecule is CCCCOc1ccc([C@H]2[C@@H]3C(=O)N(c4cccc(C)c4)C(=O)[C@H]3ON2c2ccccc2)cc1OCC. The zero-order chi connectivity index (χ0) is 25.9. The zero-order valence-corrected chi connectivity index (χ0v) is 21.4. The number of para-hydroxylation sites is 1. The summed E-state index contributed by atoms with van der Waals surface area (Å²) in [5.41, 5.74) is 3.12. The number of rotatable bonds is 9. The van der Waals surface area contributed by atoms with E-state index in [2.05, 4.69) is 6.92 Å². The molecule has 2 fully saturated rings. The third-order valence-electron chi connectivity index (χ3n) is 6.75. The molecule has 0 aromatic heterocycles. The molecule has 3 aromatic rings. The molecule has 0 N–H and O–H groups in total. The van der Waals surface area contributed by atoms with E-state index in [9.17, 15) is 9.59 Å². The first-order chi connectivity index (χ1) is 18.0. The van der Waals surface area contributed by atoms with Crippen LogP contribution in [-0.2, 0) is 14.4 Å². The molecular weight excluding hydrogens is 468 g/mol. The standard InChI is InChI=1S/C30H32N2O5/c1-4-6-17-36-24-16-15-21(19-25(24)35-5-2)27-26-28(37-32(27)22-12-8-7-9-13-22)30(34)31(29(26)33)23-14-10-11-20(3)18-23/h7-16,18-19,26-28H,4-6,17H2,1-3H3/t26-,27-,28-/m0/s1. The summed E-state index contributed by atoms with van der Waals surface area (Å²) in [6.07, 6.45) is 1.06. The minimum absolute atomic E-state index is 0.273. The molecule has 0 bridgehead atoms. The highest BCUT2D eigenvalue weighted by Gasteiger charge is 2.60. The highest BCUT2D eigenvalue weighted by Crippen LogP contribution is 2.48. The van der Waals surface area contributed by atoms with E-state index in [1.807, 2.05) is 80.6 Å². The molecule has 2 amide bonds. The Bertz CT molecular complexity index is 1280. The molecule has 2 saturated heterocycles. The number of aryl methyl sites for hydroxylation is 1. The summed E-state index contributed by atoms with van der Waals surface area (Å²) < 4.78 is 11.9. The third-order valence-corrected chi connectivity index (χ3v) is 6.75. The number of fused-ring (bicyclic) bond motifs is 1. The topological polar surface area (TPSA) is 68.3 Å². The van der Waals surface area contributed by atoms with Crippen LogP contribution in [0.3, 0.4) is 0 Å². The fourth-order valence-corrected chi connectivity index (χ4v) is 5.00. The predicted molar refractivity (Wildman–Crippen MR) is 142 cm³/mol. The summed E-state index contributed by atoms with van der Waals surface area (Å²) in [6, 6.07) is 22.2. The molecule has 192 valence electrons. The summed E-state index contributed by atoms with van der Waals surface area (Å²) in [5, 5.41) is 1.70. The lowest BCUT2D eigenvalue weighted by Crippen LogP contribution is -2.37. The molecule has 2 heterocycles. The van der Waals surface area contributed by atoms with Crippen molar-refractivity contribution >= 4 is 23.2 Å². The van der Waals surface area contributed by atoms with Gasteiger partial charge in [-0.25, -0.2) is 9.96 Å². The number of ether oxygens (including phenoxy) is 2. The average Bonchev–Trinajstić information content (AvgIpc) is 3.41. The van der Waals surface area contributed by atoms with Crippen molar-refractivity contribution in [1.29, 1.82) is 0 Å². The van der Waals surface area contributed by atoms with Crippen LogP contribution in [0.5, 0.6) is 11.5 Å². The van der Waals surface area contributed by atoms with Gasteiger partial charge in [0.25, 0.3) is 5.91 Å². The van der Waals surface area contributed by atoms with Gasteiger partial charge in [-0.1, -0.05) is 49.7 Å². The van der Waals surface area contributed by atoms with Crippen molar-refractivity contribution in [2.45, 2.75) is 45.8 Å². The highest BCUT2D eigenvalue weighted by atomic mass is 16.7. The molecule has 0 radical (unpaired) electrons. The van der Waals surface area contributed by atoms with Crippen LogP contribution in [0.2, 0.25) is 0 Å². The van der Waals surface area contributed by atoms with Crippen molar-refractivity contribution in [3.8, 4) is 11.5 Å². The lowest BCUT2D eigenvalue weighted by molar-refractivity contribution is -0.126. The van der Waals surface area contributed by atoms with E-state index in [4.69, 9.17) is 14.3 Å². The minimum Gasteiger partial charge on any atom is -0.490 e. The lowest BCUT2D eigenvalue weighted by atomic mass is 9.90. The van der Waals surface area contributed by atoms with E-state index >= 15 is 0 Å². The lowest BCUT2D eigenvalue weighted by Gasteiger charge is -2.29. The third kappa shape index (κ3) is 4.67. The van der Waals surface area contributed by atoms with Crippen LogP contribution in [0.15, 0.2) is 72.8 Å². The Labute approximate surface area is 217 Å². The monoisotopic (exact) mass is 500 g/mol. The van der Waals surface area contributed by atoms with Crippen molar-refractivity contribution in [2.75, 3.05) is 23.2 Å². The maximum Gasteiger partial charge on any atom is 0.266 e. The second kappa shape index (κ2) is 10.6. The number of hydroxylamine groups is 1. The van der Waals surface area contributed by atoms with E-state index in [1.165, 1.54) is 4.90 Å². The molecule has 2 aliphatic rings. The Balaban J connectivity index is 1.55. The number of carbonyl (C=O) groups is 2. The smallest absolute Gasteiger partial charge is 0.266 e. The van der Waals surface area contributed by atoms with E-state index in [-0.39, 0.29) is 11.8 Å². The van der Waals surface area contributed by atoms with Crippen molar-refractivity contribution < 1.29 is 23.9 Å². The maximum atomic E-state index is 13.9. The first kappa shape index (κ1) is 24.8. The van der Waals surface area contributed by atoms with Crippen LogP contribution in [-0.4, -0.2) is 31.1 Å². The summed E-state index contributed by atoms with van der Waals surface area (Å²) >= 11 is 0. The van der Waals surface area contributed by atoms with Gasteiger partial charge in [-0.05, 0) is 67.8 Å². The number of amides is 2. The fraction of sp³-hybridized carbons (Fsp3) is 0.333. The summed E-state index contributed by atoms with van der Waals surface area (Å²) in [4.78, 5) is 34.9. The number of imide groups is 1. The van der Waals surface area contributed by atoms with Gasteiger partial charge in [-0.3, -0.25) is 14.4 Å². The number of anilines is 2.